The third kappa shape index (κ3) is 2.45. The number of hydrogen-bond acceptors (Lipinski definition) is 3. The van der Waals surface area contributed by atoms with Crippen molar-refractivity contribution in [1.82, 2.24) is 0 Å². The topological polar surface area (TPSA) is 66.6 Å². The van der Waals surface area contributed by atoms with Crippen molar-refractivity contribution in [2.75, 3.05) is 23.7 Å². The number of aromatic carboxylic acids is 1. The van der Waals surface area contributed by atoms with Gasteiger partial charge in [0.1, 0.15) is 0 Å². The molecule has 0 fully saturated rings. The summed E-state index contributed by atoms with van der Waals surface area (Å²) in [6.07, 6.45) is 0.960. The van der Waals surface area contributed by atoms with E-state index in [1.165, 1.54) is 0 Å². The maximum atomic E-state index is 11.1. The number of nitrogen functional groups attached to an aromatic ring is 1. The molecule has 0 radical (unpaired) electrons. The molecule has 0 bridgehead atoms. The molecule has 0 heterocycles. The molecule has 0 atom stereocenters. The van der Waals surface area contributed by atoms with Gasteiger partial charge in [0.25, 0.3) is 0 Å². The van der Waals surface area contributed by atoms with Crippen molar-refractivity contribution in [2.45, 2.75) is 20.3 Å². The maximum absolute atomic E-state index is 11.1. The fourth-order valence-corrected chi connectivity index (χ4v) is 1.78. The Morgan fingerprint density at radius 2 is 2.12 bits per heavy atom. The van der Waals surface area contributed by atoms with Crippen LogP contribution in [0.3, 0.4) is 0 Å². The van der Waals surface area contributed by atoms with Crippen LogP contribution in [0.1, 0.15) is 30.6 Å². The Morgan fingerprint density at radius 3 is 2.62 bits per heavy atom. The van der Waals surface area contributed by atoms with E-state index in [0.29, 0.717) is 11.4 Å². The predicted molar refractivity (Wildman–Crippen MR) is 66.0 cm³/mol. The van der Waals surface area contributed by atoms with Gasteiger partial charge in [-0.2, -0.15) is 0 Å². The minimum absolute atomic E-state index is 0.273. The highest BCUT2D eigenvalue weighted by Crippen LogP contribution is 2.28. The zero-order chi connectivity index (χ0) is 12.1. The second-order valence-electron chi connectivity index (χ2n) is 3.63. The van der Waals surface area contributed by atoms with E-state index >= 15 is 0 Å². The minimum Gasteiger partial charge on any atom is -0.478 e. The van der Waals surface area contributed by atoms with E-state index in [0.717, 1.165) is 19.5 Å². The van der Waals surface area contributed by atoms with Crippen LogP contribution in [-0.2, 0) is 0 Å². The number of carbonyl (C=O) groups is 1. The van der Waals surface area contributed by atoms with Gasteiger partial charge < -0.3 is 15.7 Å². The standard InChI is InChI=1S/C12H18N2O2/c1-3-8-14(4-2)11-9(12(15)16)6-5-7-10(11)13/h5-7H,3-4,8,13H2,1-2H3,(H,15,16). The van der Waals surface area contributed by atoms with E-state index in [1.807, 2.05) is 11.8 Å². The number of anilines is 2. The molecule has 88 valence electrons. The first-order valence-electron chi connectivity index (χ1n) is 5.48. The maximum Gasteiger partial charge on any atom is 0.337 e. The monoisotopic (exact) mass is 222 g/mol. The normalized spacial score (nSPS) is 10.1. The molecule has 1 aromatic rings. The van der Waals surface area contributed by atoms with Crippen LogP contribution < -0.4 is 10.6 Å². The molecule has 0 aliphatic heterocycles. The van der Waals surface area contributed by atoms with E-state index in [-0.39, 0.29) is 5.56 Å². The van der Waals surface area contributed by atoms with E-state index in [9.17, 15) is 4.79 Å². The van der Waals surface area contributed by atoms with Crippen LogP contribution in [0.2, 0.25) is 0 Å². The summed E-state index contributed by atoms with van der Waals surface area (Å²) in [5, 5.41) is 9.12. The number of para-hydroxylation sites is 1. The summed E-state index contributed by atoms with van der Waals surface area (Å²) in [4.78, 5) is 13.1. The molecule has 0 aromatic heterocycles. The van der Waals surface area contributed by atoms with E-state index in [4.69, 9.17) is 10.8 Å². The third-order valence-corrected chi connectivity index (χ3v) is 2.49. The highest BCUT2D eigenvalue weighted by Gasteiger charge is 2.16. The molecule has 0 saturated carbocycles. The van der Waals surface area contributed by atoms with Crippen molar-refractivity contribution in [3.05, 3.63) is 23.8 Å². The SMILES string of the molecule is CCCN(CC)c1c(N)cccc1C(=O)O. The number of nitrogens with zero attached hydrogens (tertiary/aromatic N) is 1. The molecule has 1 rings (SSSR count). The van der Waals surface area contributed by atoms with Crippen molar-refractivity contribution in [1.29, 1.82) is 0 Å². The van der Waals surface area contributed by atoms with Gasteiger partial charge in [-0.25, -0.2) is 4.79 Å². The highest BCUT2D eigenvalue weighted by molar-refractivity contribution is 5.97. The molecule has 0 saturated heterocycles. The molecule has 0 amide bonds. The average Bonchev–Trinajstić information content (AvgIpc) is 2.26. The molecule has 4 nitrogen and oxygen atoms in total. The molecule has 0 unspecified atom stereocenters. The number of hydrogen-bond donors (Lipinski definition) is 2. The van der Waals surface area contributed by atoms with Gasteiger partial charge >= 0.3 is 5.97 Å². The zero-order valence-electron chi connectivity index (χ0n) is 9.73. The summed E-state index contributed by atoms with van der Waals surface area (Å²) in [7, 11) is 0. The first kappa shape index (κ1) is 12.4. The molecular weight excluding hydrogens is 204 g/mol. The van der Waals surface area contributed by atoms with Gasteiger partial charge in [0.2, 0.25) is 0 Å². The van der Waals surface area contributed by atoms with E-state index in [1.54, 1.807) is 18.2 Å². The van der Waals surface area contributed by atoms with Gasteiger partial charge in [-0.15, -0.1) is 0 Å². The van der Waals surface area contributed by atoms with Gasteiger partial charge in [-0.1, -0.05) is 13.0 Å². The number of rotatable bonds is 5. The molecule has 3 N–H and O–H groups in total. The molecule has 16 heavy (non-hydrogen) atoms. The number of nitrogens with two attached hydrogens (primary N) is 1. The fourth-order valence-electron chi connectivity index (χ4n) is 1.78. The van der Waals surface area contributed by atoms with E-state index in [2.05, 4.69) is 6.92 Å². The van der Waals surface area contributed by atoms with Crippen molar-refractivity contribution >= 4 is 17.3 Å². The first-order valence-corrected chi connectivity index (χ1v) is 5.48. The third-order valence-electron chi connectivity index (χ3n) is 2.49. The van der Waals surface area contributed by atoms with Crippen LogP contribution in [-0.4, -0.2) is 24.2 Å². The lowest BCUT2D eigenvalue weighted by atomic mass is 10.1. The van der Waals surface area contributed by atoms with Crippen molar-refractivity contribution < 1.29 is 9.90 Å². The summed E-state index contributed by atoms with van der Waals surface area (Å²) in [6, 6.07) is 4.99. The second-order valence-corrected chi connectivity index (χ2v) is 3.63. The van der Waals surface area contributed by atoms with Gasteiger partial charge in [0.15, 0.2) is 0 Å². The number of carboxylic acid groups (broad SMARTS) is 1. The van der Waals surface area contributed by atoms with Crippen molar-refractivity contribution in [3.8, 4) is 0 Å². The van der Waals surface area contributed by atoms with Crippen LogP contribution in [0, 0.1) is 0 Å². The Morgan fingerprint density at radius 1 is 1.44 bits per heavy atom. The highest BCUT2D eigenvalue weighted by atomic mass is 16.4. The average molecular weight is 222 g/mol. The molecular formula is C12H18N2O2. The lowest BCUT2D eigenvalue weighted by Crippen LogP contribution is -2.26. The van der Waals surface area contributed by atoms with E-state index < -0.39 is 5.97 Å². The van der Waals surface area contributed by atoms with Crippen molar-refractivity contribution in [2.24, 2.45) is 0 Å². The Bertz CT molecular complexity index is 377. The van der Waals surface area contributed by atoms with Crippen LogP contribution in [0.4, 0.5) is 11.4 Å². The number of carboxylic acids is 1. The van der Waals surface area contributed by atoms with Crippen LogP contribution >= 0.6 is 0 Å². The largest absolute Gasteiger partial charge is 0.478 e. The summed E-state index contributed by atoms with van der Waals surface area (Å²) < 4.78 is 0. The summed E-state index contributed by atoms with van der Waals surface area (Å²) in [5.41, 5.74) is 7.30. The number of benzene rings is 1. The van der Waals surface area contributed by atoms with Gasteiger partial charge in [0.05, 0.1) is 16.9 Å². The molecule has 4 heteroatoms. The van der Waals surface area contributed by atoms with Crippen molar-refractivity contribution in [3.63, 3.8) is 0 Å². The lowest BCUT2D eigenvalue weighted by molar-refractivity contribution is 0.0697. The predicted octanol–water partition coefficient (Wildman–Crippen LogP) is 2.20. The lowest BCUT2D eigenvalue weighted by Gasteiger charge is -2.25. The van der Waals surface area contributed by atoms with Crippen LogP contribution in [0.25, 0.3) is 0 Å². The Hall–Kier alpha value is -1.71. The Labute approximate surface area is 95.7 Å². The molecule has 0 spiro atoms. The summed E-state index contributed by atoms with van der Waals surface area (Å²) >= 11 is 0. The quantitative estimate of drug-likeness (QED) is 0.749. The van der Waals surface area contributed by atoms with Crippen LogP contribution in [0.5, 0.6) is 0 Å². The summed E-state index contributed by atoms with van der Waals surface area (Å²) in [5.74, 6) is -0.933. The Balaban J connectivity index is 3.22. The van der Waals surface area contributed by atoms with Gasteiger partial charge in [0, 0.05) is 13.1 Å². The summed E-state index contributed by atoms with van der Waals surface area (Å²) in [6.45, 7) is 5.61. The second kappa shape index (κ2) is 5.39. The van der Waals surface area contributed by atoms with Crippen LogP contribution in [0.15, 0.2) is 18.2 Å². The minimum atomic E-state index is -0.933. The smallest absolute Gasteiger partial charge is 0.337 e. The van der Waals surface area contributed by atoms with Gasteiger partial charge in [-0.05, 0) is 25.5 Å². The zero-order valence-corrected chi connectivity index (χ0v) is 9.73. The van der Waals surface area contributed by atoms with Gasteiger partial charge in [-0.3, -0.25) is 0 Å². The Kier molecular flexibility index (Phi) is 4.17. The molecule has 0 aliphatic carbocycles. The molecule has 0 aliphatic rings. The molecule has 1 aromatic carbocycles. The fraction of sp³-hybridized carbons (Fsp3) is 0.417. The first-order chi connectivity index (χ1) is 7.61.